The van der Waals surface area contributed by atoms with E-state index in [9.17, 15) is 24.3 Å². The average molecular weight is 525 g/mol. The molecule has 3 aromatic carbocycles. The number of carbonyl (C=O) groups excluding carboxylic acids is 1. The number of aliphatic carboxylic acids is 1. The summed E-state index contributed by atoms with van der Waals surface area (Å²) in [5.74, 6) is -1.68. The number of carboxylic acid groups (broad SMARTS) is 1. The molecular formula is C25H18Cl2N4O5. The summed E-state index contributed by atoms with van der Waals surface area (Å²) >= 11 is 12.1. The van der Waals surface area contributed by atoms with Crippen LogP contribution in [0.15, 0.2) is 76.6 Å². The third-order valence-corrected chi connectivity index (χ3v) is 5.89. The second-order valence-corrected chi connectivity index (χ2v) is 8.58. The highest BCUT2D eigenvalue weighted by Crippen LogP contribution is 2.29. The highest BCUT2D eigenvalue weighted by molar-refractivity contribution is 6.39. The first-order valence-electron chi connectivity index (χ1n) is 10.6. The van der Waals surface area contributed by atoms with Gasteiger partial charge in [-0.05, 0) is 29.8 Å². The molecule has 0 aliphatic carbocycles. The van der Waals surface area contributed by atoms with Crippen LogP contribution in [0.3, 0.4) is 0 Å². The minimum Gasteiger partial charge on any atom is -0.480 e. The van der Waals surface area contributed by atoms with Crippen LogP contribution in [-0.4, -0.2) is 28.0 Å². The van der Waals surface area contributed by atoms with Crippen LogP contribution in [0.1, 0.15) is 15.9 Å². The van der Waals surface area contributed by atoms with Crippen molar-refractivity contribution < 1.29 is 14.7 Å². The van der Waals surface area contributed by atoms with E-state index in [0.717, 1.165) is 0 Å². The number of hydrogen-bond donors (Lipinski definition) is 4. The van der Waals surface area contributed by atoms with Gasteiger partial charge in [-0.15, -0.1) is 0 Å². The van der Waals surface area contributed by atoms with Gasteiger partial charge in [0.15, 0.2) is 0 Å². The van der Waals surface area contributed by atoms with E-state index in [1.165, 1.54) is 24.5 Å². The molecule has 0 aliphatic heterocycles. The van der Waals surface area contributed by atoms with Crippen LogP contribution in [0.4, 0.5) is 22.7 Å². The lowest BCUT2D eigenvalue weighted by atomic mass is 10.0. The van der Waals surface area contributed by atoms with Crippen molar-refractivity contribution in [1.82, 2.24) is 4.98 Å². The van der Waals surface area contributed by atoms with Crippen molar-refractivity contribution in [3.8, 4) is 0 Å². The van der Waals surface area contributed by atoms with Crippen LogP contribution in [0.5, 0.6) is 0 Å². The van der Waals surface area contributed by atoms with Crippen LogP contribution in [-0.2, 0) is 11.2 Å². The van der Waals surface area contributed by atoms with Crippen molar-refractivity contribution in [3.63, 3.8) is 0 Å². The van der Waals surface area contributed by atoms with Crippen molar-refractivity contribution in [2.24, 2.45) is 0 Å². The van der Waals surface area contributed by atoms with Gasteiger partial charge in [-0.3, -0.25) is 19.4 Å². The van der Waals surface area contributed by atoms with Gasteiger partial charge in [0, 0.05) is 30.1 Å². The van der Waals surface area contributed by atoms with Crippen molar-refractivity contribution in [2.45, 2.75) is 12.5 Å². The van der Waals surface area contributed by atoms with E-state index >= 15 is 0 Å². The number of carbonyl (C=O) groups is 2. The largest absolute Gasteiger partial charge is 0.480 e. The summed E-state index contributed by atoms with van der Waals surface area (Å²) in [6.45, 7) is 0. The van der Waals surface area contributed by atoms with E-state index in [4.69, 9.17) is 23.2 Å². The molecule has 0 bridgehead atoms. The van der Waals surface area contributed by atoms with Crippen molar-refractivity contribution in [2.75, 3.05) is 16.0 Å². The molecule has 0 radical (unpaired) electrons. The summed E-state index contributed by atoms with van der Waals surface area (Å²) in [6.07, 6.45) is 2.69. The Kier molecular flexibility index (Phi) is 7.33. The first-order valence-corrected chi connectivity index (χ1v) is 11.3. The molecule has 1 aromatic heterocycles. The zero-order valence-corrected chi connectivity index (χ0v) is 19.9. The Morgan fingerprint density at radius 2 is 1.47 bits per heavy atom. The summed E-state index contributed by atoms with van der Waals surface area (Å²) < 4.78 is 0. The smallest absolute Gasteiger partial charge is 0.326 e. The van der Waals surface area contributed by atoms with E-state index in [1.54, 1.807) is 42.5 Å². The number of carboxylic acids is 1. The minimum atomic E-state index is -1.21. The van der Waals surface area contributed by atoms with Crippen molar-refractivity contribution in [3.05, 3.63) is 109 Å². The van der Waals surface area contributed by atoms with Gasteiger partial charge in [-0.1, -0.05) is 53.5 Å². The minimum absolute atomic E-state index is 0.0111. The second kappa shape index (κ2) is 10.6. The summed E-state index contributed by atoms with van der Waals surface area (Å²) in [7, 11) is 0. The first-order chi connectivity index (χ1) is 17.2. The summed E-state index contributed by atoms with van der Waals surface area (Å²) in [5, 5.41) is 18.2. The molecule has 0 spiro atoms. The molecule has 182 valence electrons. The number of nitrogens with one attached hydrogen (secondary N) is 3. The lowest BCUT2D eigenvalue weighted by Gasteiger charge is -2.20. The Balaban J connectivity index is 1.46. The summed E-state index contributed by atoms with van der Waals surface area (Å²) in [4.78, 5) is 52.4. The average Bonchev–Trinajstić information content (AvgIpc) is 2.88. The molecule has 0 fully saturated rings. The molecule has 4 N–H and O–H groups in total. The number of benzene rings is 2. The fraction of sp³-hybridized carbons (Fsp3) is 0.0800. The molecule has 4 aromatic rings. The molecule has 36 heavy (non-hydrogen) atoms. The molecule has 11 heteroatoms. The van der Waals surface area contributed by atoms with Crippen LogP contribution in [0.2, 0.25) is 10.0 Å². The Hall–Kier alpha value is -4.21. The molecule has 0 unspecified atom stereocenters. The lowest BCUT2D eigenvalue weighted by Crippen LogP contribution is -2.42. The van der Waals surface area contributed by atoms with Gasteiger partial charge in [-0.25, -0.2) is 4.79 Å². The van der Waals surface area contributed by atoms with Crippen LogP contribution < -0.4 is 26.8 Å². The molecule has 1 amide bonds. The van der Waals surface area contributed by atoms with Gasteiger partial charge in [0.1, 0.15) is 17.4 Å². The fourth-order valence-electron chi connectivity index (χ4n) is 3.43. The number of pyridine rings is 1. The van der Waals surface area contributed by atoms with Crippen molar-refractivity contribution >= 4 is 57.8 Å². The van der Waals surface area contributed by atoms with Gasteiger partial charge >= 0.3 is 5.97 Å². The number of aromatic nitrogens is 1. The lowest BCUT2D eigenvalue weighted by molar-refractivity contribution is -0.137. The Labute approximate surface area is 214 Å². The number of rotatable bonds is 9. The number of nitrogens with zero attached hydrogens (tertiary/aromatic N) is 1. The fourth-order valence-corrected chi connectivity index (χ4v) is 3.89. The predicted molar refractivity (Wildman–Crippen MR) is 138 cm³/mol. The van der Waals surface area contributed by atoms with E-state index in [1.807, 2.05) is 0 Å². The maximum absolute atomic E-state index is 12.6. The molecule has 4 rings (SSSR count). The van der Waals surface area contributed by atoms with E-state index in [-0.39, 0.29) is 33.5 Å². The molecular weight excluding hydrogens is 507 g/mol. The number of halogens is 2. The van der Waals surface area contributed by atoms with E-state index in [0.29, 0.717) is 16.8 Å². The molecule has 9 nitrogen and oxygen atoms in total. The third kappa shape index (κ3) is 5.37. The summed E-state index contributed by atoms with van der Waals surface area (Å²) in [6, 6.07) is 13.8. The molecule has 0 aliphatic rings. The third-order valence-electron chi connectivity index (χ3n) is 5.32. The van der Waals surface area contributed by atoms with Gasteiger partial charge < -0.3 is 21.1 Å². The van der Waals surface area contributed by atoms with Gasteiger partial charge in [-0.2, -0.15) is 0 Å². The van der Waals surface area contributed by atoms with E-state index < -0.39 is 28.8 Å². The van der Waals surface area contributed by atoms with Gasteiger partial charge in [0.05, 0.1) is 15.7 Å². The monoisotopic (exact) mass is 524 g/mol. The zero-order valence-electron chi connectivity index (χ0n) is 18.4. The first kappa shape index (κ1) is 24.9. The number of para-hydroxylation sites is 1. The zero-order chi connectivity index (χ0) is 25.8. The normalized spacial score (nSPS) is 11.6. The van der Waals surface area contributed by atoms with Crippen molar-refractivity contribution in [1.29, 1.82) is 0 Å². The SMILES string of the molecule is O=C(Nc1c(Cl)cncc1Cl)c1ccc(C[C@H](Nc2c(Nc3ccccc3)c(=O)c2=O)C(=O)O)cc1. The number of anilines is 4. The Bertz CT molecular complexity index is 1480. The molecule has 1 heterocycles. The molecule has 1 atom stereocenters. The Morgan fingerprint density at radius 3 is 2.08 bits per heavy atom. The highest BCUT2D eigenvalue weighted by atomic mass is 35.5. The van der Waals surface area contributed by atoms with Gasteiger partial charge in [0.25, 0.3) is 16.8 Å². The maximum atomic E-state index is 12.6. The number of hydrogen-bond acceptors (Lipinski definition) is 7. The van der Waals surface area contributed by atoms with Crippen LogP contribution >= 0.6 is 23.2 Å². The maximum Gasteiger partial charge on any atom is 0.326 e. The standard InChI is InChI=1S/C25H18Cl2N4O5/c26-16-11-28-12-17(27)19(16)31-24(34)14-8-6-13(7-9-14)10-18(25(35)36)30-21-20(22(32)23(21)33)29-15-4-2-1-3-5-15/h1-9,11-12,18,29-30H,10H2,(H,35,36)(H,28,31,34)/t18-/m0/s1. The highest BCUT2D eigenvalue weighted by Gasteiger charge is 2.27. The molecule has 0 saturated carbocycles. The quantitative estimate of drug-likeness (QED) is 0.240. The number of amides is 1. The topological polar surface area (TPSA) is 137 Å². The Morgan fingerprint density at radius 1 is 0.861 bits per heavy atom. The second-order valence-electron chi connectivity index (χ2n) is 7.77. The predicted octanol–water partition coefficient (Wildman–Crippen LogP) is 4.09. The van der Waals surface area contributed by atoms with Crippen LogP contribution in [0, 0.1) is 0 Å². The molecule has 0 saturated heterocycles. The van der Waals surface area contributed by atoms with E-state index in [2.05, 4.69) is 20.9 Å². The van der Waals surface area contributed by atoms with Gasteiger partial charge in [0.2, 0.25) is 0 Å². The van der Waals surface area contributed by atoms with Crippen LogP contribution in [0.25, 0.3) is 0 Å². The summed E-state index contributed by atoms with van der Waals surface area (Å²) in [5.41, 5.74) is 0.0990.